The summed E-state index contributed by atoms with van der Waals surface area (Å²) in [7, 11) is -2.10. The van der Waals surface area contributed by atoms with Crippen LogP contribution in [0.1, 0.15) is 6.92 Å². The van der Waals surface area contributed by atoms with Crippen molar-refractivity contribution in [3.8, 4) is 5.75 Å². The molecule has 0 spiro atoms. The molecule has 1 fully saturated rings. The largest absolute Gasteiger partial charge is 0.495 e. The Labute approximate surface area is 118 Å². The minimum absolute atomic E-state index is 0.0186. The summed E-state index contributed by atoms with van der Waals surface area (Å²) in [4.78, 5) is 0.147. The van der Waals surface area contributed by atoms with Gasteiger partial charge in [0.1, 0.15) is 10.6 Å². The summed E-state index contributed by atoms with van der Waals surface area (Å²) in [5, 5.41) is 0. The van der Waals surface area contributed by atoms with Gasteiger partial charge in [0, 0.05) is 29.8 Å². The van der Waals surface area contributed by atoms with E-state index in [2.05, 4.69) is 0 Å². The van der Waals surface area contributed by atoms with E-state index in [9.17, 15) is 8.42 Å². The quantitative estimate of drug-likeness (QED) is 0.855. The Morgan fingerprint density at radius 3 is 2.84 bits per heavy atom. The van der Waals surface area contributed by atoms with Gasteiger partial charge in [0.2, 0.25) is 10.0 Å². The summed E-state index contributed by atoms with van der Waals surface area (Å²) in [6, 6.07) is 4.66. The molecule has 1 heterocycles. The number of thioether (sulfide) groups is 1. The Morgan fingerprint density at radius 1 is 1.47 bits per heavy atom. The van der Waals surface area contributed by atoms with Crippen molar-refractivity contribution in [2.75, 3.05) is 30.9 Å². The maximum absolute atomic E-state index is 12.7. The third-order valence-corrected chi connectivity index (χ3v) is 6.31. The van der Waals surface area contributed by atoms with Crippen molar-refractivity contribution in [1.82, 2.24) is 4.31 Å². The van der Waals surface area contributed by atoms with Crippen molar-refractivity contribution in [2.45, 2.75) is 17.9 Å². The first-order valence-corrected chi connectivity index (χ1v) is 8.59. The van der Waals surface area contributed by atoms with Gasteiger partial charge in [-0.1, -0.05) is 0 Å². The van der Waals surface area contributed by atoms with Gasteiger partial charge in [-0.2, -0.15) is 16.1 Å². The first kappa shape index (κ1) is 14.5. The van der Waals surface area contributed by atoms with Gasteiger partial charge in [-0.25, -0.2) is 8.42 Å². The fraction of sp³-hybridized carbons (Fsp3) is 0.500. The number of ether oxygens (including phenoxy) is 1. The van der Waals surface area contributed by atoms with Crippen LogP contribution in [0.5, 0.6) is 5.75 Å². The number of hydrogen-bond acceptors (Lipinski definition) is 5. The summed E-state index contributed by atoms with van der Waals surface area (Å²) < 4.78 is 32.1. The van der Waals surface area contributed by atoms with Crippen LogP contribution in [0.25, 0.3) is 0 Å². The lowest BCUT2D eigenvalue weighted by atomic mass is 10.3. The molecule has 0 aromatic heterocycles. The molecular formula is C12H18N2O3S2. The van der Waals surface area contributed by atoms with Crippen molar-refractivity contribution in [1.29, 1.82) is 0 Å². The summed E-state index contributed by atoms with van der Waals surface area (Å²) in [5.41, 5.74) is 6.12. The van der Waals surface area contributed by atoms with Crippen molar-refractivity contribution in [3.63, 3.8) is 0 Å². The Bertz CT molecular complexity index is 560. The van der Waals surface area contributed by atoms with Crippen LogP contribution in [0.15, 0.2) is 23.1 Å². The van der Waals surface area contributed by atoms with E-state index in [0.717, 1.165) is 11.5 Å². The van der Waals surface area contributed by atoms with Gasteiger partial charge < -0.3 is 10.5 Å². The Balaban J connectivity index is 2.46. The zero-order valence-corrected chi connectivity index (χ0v) is 12.6. The van der Waals surface area contributed by atoms with E-state index in [0.29, 0.717) is 18.0 Å². The number of methoxy groups -OCH3 is 1. The molecule has 0 saturated carbocycles. The second-order valence-electron chi connectivity index (χ2n) is 4.45. The highest BCUT2D eigenvalue weighted by Gasteiger charge is 2.33. The molecule has 5 nitrogen and oxygen atoms in total. The molecule has 2 rings (SSSR count). The summed E-state index contributed by atoms with van der Waals surface area (Å²) >= 11 is 1.77. The van der Waals surface area contributed by atoms with E-state index < -0.39 is 10.0 Å². The molecule has 1 aromatic rings. The van der Waals surface area contributed by atoms with Gasteiger partial charge in [0.05, 0.1) is 7.11 Å². The highest BCUT2D eigenvalue weighted by atomic mass is 32.2. The van der Waals surface area contributed by atoms with Gasteiger partial charge in [-0.15, -0.1) is 0 Å². The molecule has 1 saturated heterocycles. The van der Waals surface area contributed by atoms with E-state index in [1.807, 2.05) is 6.92 Å². The van der Waals surface area contributed by atoms with E-state index in [1.54, 1.807) is 23.9 Å². The third kappa shape index (κ3) is 2.82. The Kier molecular flexibility index (Phi) is 4.27. The summed E-state index contributed by atoms with van der Waals surface area (Å²) in [6.45, 7) is 2.44. The van der Waals surface area contributed by atoms with Crippen molar-refractivity contribution >= 4 is 27.5 Å². The second-order valence-corrected chi connectivity index (χ2v) is 7.46. The Morgan fingerprint density at radius 2 is 2.21 bits per heavy atom. The van der Waals surface area contributed by atoms with Crippen LogP contribution in [0, 0.1) is 0 Å². The van der Waals surface area contributed by atoms with Gasteiger partial charge >= 0.3 is 0 Å². The molecule has 2 N–H and O–H groups in total. The van der Waals surface area contributed by atoms with Crippen molar-refractivity contribution in [2.24, 2.45) is 0 Å². The van der Waals surface area contributed by atoms with Crippen LogP contribution >= 0.6 is 11.8 Å². The topological polar surface area (TPSA) is 72.6 Å². The predicted molar refractivity (Wildman–Crippen MR) is 78.1 cm³/mol. The van der Waals surface area contributed by atoms with Crippen LogP contribution in [-0.4, -0.2) is 43.9 Å². The zero-order chi connectivity index (χ0) is 14.0. The van der Waals surface area contributed by atoms with Gasteiger partial charge in [-0.3, -0.25) is 0 Å². The van der Waals surface area contributed by atoms with E-state index >= 15 is 0 Å². The molecule has 0 bridgehead atoms. The van der Waals surface area contributed by atoms with E-state index in [4.69, 9.17) is 10.5 Å². The lowest BCUT2D eigenvalue weighted by Gasteiger charge is -2.32. The summed E-state index contributed by atoms with van der Waals surface area (Å²) in [6.07, 6.45) is 0. The number of sulfonamides is 1. The molecule has 0 aliphatic carbocycles. The van der Waals surface area contributed by atoms with E-state index in [1.165, 1.54) is 17.5 Å². The molecule has 0 radical (unpaired) electrons. The molecule has 1 aliphatic rings. The minimum Gasteiger partial charge on any atom is -0.495 e. The number of rotatable bonds is 3. The zero-order valence-electron chi connectivity index (χ0n) is 11.0. The van der Waals surface area contributed by atoms with Gasteiger partial charge in [0.15, 0.2) is 0 Å². The van der Waals surface area contributed by atoms with E-state index in [-0.39, 0.29) is 10.9 Å². The van der Waals surface area contributed by atoms with Gasteiger partial charge in [-0.05, 0) is 25.1 Å². The van der Waals surface area contributed by atoms with Gasteiger partial charge in [0.25, 0.3) is 0 Å². The average molecular weight is 302 g/mol. The SMILES string of the molecule is COc1ccc(N)cc1S(=O)(=O)N1CCSCC1C. The number of anilines is 1. The second kappa shape index (κ2) is 5.60. The number of hydrogen-bond donors (Lipinski definition) is 1. The number of nitrogens with zero attached hydrogens (tertiary/aromatic N) is 1. The molecule has 1 unspecified atom stereocenters. The summed E-state index contributed by atoms with van der Waals surface area (Å²) in [5.74, 6) is 1.96. The fourth-order valence-corrected chi connectivity index (χ4v) is 5.14. The monoisotopic (exact) mass is 302 g/mol. The Hall–Kier alpha value is -0.920. The maximum Gasteiger partial charge on any atom is 0.247 e. The van der Waals surface area contributed by atoms with Crippen molar-refractivity contribution < 1.29 is 13.2 Å². The first-order valence-electron chi connectivity index (χ1n) is 6.00. The highest BCUT2D eigenvalue weighted by molar-refractivity contribution is 7.99. The van der Waals surface area contributed by atoms with Crippen LogP contribution in [0.3, 0.4) is 0 Å². The smallest absolute Gasteiger partial charge is 0.247 e. The molecule has 19 heavy (non-hydrogen) atoms. The molecule has 106 valence electrons. The minimum atomic E-state index is -3.56. The molecule has 7 heteroatoms. The highest BCUT2D eigenvalue weighted by Crippen LogP contribution is 2.31. The standard InChI is InChI=1S/C12H18N2O3S2/c1-9-8-18-6-5-14(9)19(15,16)12-7-10(13)3-4-11(12)17-2/h3-4,7,9H,5-6,8,13H2,1-2H3. The number of benzene rings is 1. The number of nitrogens with two attached hydrogens (primary N) is 1. The lowest BCUT2D eigenvalue weighted by Crippen LogP contribution is -2.44. The molecular weight excluding hydrogens is 284 g/mol. The van der Waals surface area contributed by atoms with Crippen LogP contribution < -0.4 is 10.5 Å². The molecule has 1 atom stereocenters. The number of nitrogen functional groups attached to an aromatic ring is 1. The molecule has 1 aromatic carbocycles. The average Bonchev–Trinajstić information content (AvgIpc) is 2.39. The van der Waals surface area contributed by atoms with Crippen molar-refractivity contribution in [3.05, 3.63) is 18.2 Å². The molecule has 1 aliphatic heterocycles. The van der Waals surface area contributed by atoms with Crippen LogP contribution in [0.4, 0.5) is 5.69 Å². The van der Waals surface area contributed by atoms with Crippen LogP contribution in [-0.2, 0) is 10.0 Å². The first-order chi connectivity index (χ1) is 8.96. The van der Waals surface area contributed by atoms with Crippen LogP contribution in [0.2, 0.25) is 0 Å². The lowest BCUT2D eigenvalue weighted by molar-refractivity contribution is 0.360. The third-order valence-electron chi connectivity index (χ3n) is 3.08. The maximum atomic E-state index is 12.7. The fourth-order valence-electron chi connectivity index (χ4n) is 2.09. The normalized spacial score (nSPS) is 21.3. The molecule has 0 amide bonds. The predicted octanol–water partition coefficient (Wildman–Crippen LogP) is 1.40.